The van der Waals surface area contributed by atoms with Crippen LogP contribution in [-0.4, -0.2) is 55.1 Å². The first-order valence-electron chi connectivity index (χ1n) is 7.22. The van der Waals surface area contributed by atoms with Crippen LogP contribution in [0, 0.1) is 0 Å². The Bertz CT molecular complexity index is 516. The fourth-order valence-corrected chi connectivity index (χ4v) is 2.36. The molecule has 1 amide bonds. The molecule has 0 N–H and O–H groups in total. The molecule has 6 heteroatoms. The van der Waals surface area contributed by atoms with Crippen LogP contribution in [0.2, 0.25) is 0 Å². The van der Waals surface area contributed by atoms with Crippen molar-refractivity contribution in [1.29, 1.82) is 0 Å². The third-order valence-electron chi connectivity index (χ3n) is 3.35. The zero-order valence-corrected chi connectivity index (χ0v) is 13.2. The van der Waals surface area contributed by atoms with E-state index in [9.17, 15) is 4.79 Å². The molecule has 21 heavy (non-hydrogen) atoms. The summed E-state index contributed by atoms with van der Waals surface area (Å²) in [6, 6.07) is 3.69. The smallest absolute Gasteiger partial charge is 0.410 e. The Morgan fingerprint density at radius 3 is 2.71 bits per heavy atom. The summed E-state index contributed by atoms with van der Waals surface area (Å²) in [5.74, 6) is 0.852. The molecule has 0 saturated carbocycles. The maximum absolute atomic E-state index is 12.2. The molecular weight excluding hydrogens is 265 g/mol. The van der Waals surface area contributed by atoms with Crippen LogP contribution in [-0.2, 0) is 4.74 Å². The van der Waals surface area contributed by atoms with E-state index in [0.717, 1.165) is 18.9 Å². The summed E-state index contributed by atoms with van der Waals surface area (Å²) >= 11 is 0. The van der Waals surface area contributed by atoms with Gasteiger partial charge in [-0.1, -0.05) is 11.5 Å². The van der Waals surface area contributed by atoms with E-state index in [-0.39, 0.29) is 12.1 Å². The lowest BCUT2D eigenvalue weighted by Crippen LogP contribution is -2.55. The van der Waals surface area contributed by atoms with Crippen molar-refractivity contribution in [2.75, 3.05) is 24.5 Å². The molecule has 0 spiro atoms. The van der Waals surface area contributed by atoms with Gasteiger partial charge in [0.15, 0.2) is 0 Å². The lowest BCUT2D eigenvalue weighted by Gasteiger charge is -2.40. The molecule has 1 atom stereocenters. The van der Waals surface area contributed by atoms with Gasteiger partial charge in [-0.05, 0) is 33.8 Å². The fourth-order valence-electron chi connectivity index (χ4n) is 2.36. The van der Waals surface area contributed by atoms with Gasteiger partial charge >= 0.3 is 6.09 Å². The van der Waals surface area contributed by atoms with E-state index in [1.54, 1.807) is 17.2 Å². The van der Waals surface area contributed by atoms with Gasteiger partial charge in [0, 0.05) is 31.9 Å². The zero-order valence-electron chi connectivity index (χ0n) is 13.2. The normalized spacial score (nSPS) is 19.5. The molecule has 1 fully saturated rings. The second kappa shape index (κ2) is 5.96. The lowest BCUT2D eigenvalue weighted by molar-refractivity contribution is 0.0158. The molecule has 0 aliphatic carbocycles. The maximum Gasteiger partial charge on any atom is 0.410 e. The molecule has 1 aromatic heterocycles. The van der Waals surface area contributed by atoms with Crippen LogP contribution in [0.25, 0.3) is 0 Å². The molecule has 1 aromatic rings. The third kappa shape index (κ3) is 4.13. The van der Waals surface area contributed by atoms with Crippen LogP contribution in [0.4, 0.5) is 10.6 Å². The number of piperazine rings is 1. The fraction of sp³-hybridized carbons (Fsp3) is 0.600. The highest BCUT2D eigenvalue weighted by Gasteiger charge is 2.31. The van der Waals surface area contributed by atoms with E-state index in [1.807, 2.05) is 33.8 Å². The Labute approximate surface area is 127 Å². The number of aromatic nitrogens is 1. The van der Waals surface area contributed by atoms with Gasteiger partial charge in [0.25, 0.3) is 0 Å². The summed E-state index contributed by atoms with van der Waals surface area (Å²) in [5.41, 5.74) is 0.228. The van der Waals surface area contributed by atoms with Gasteiger partial charge in [-0.2, -0.15) is 0 Å². The Balaban J connectivity index is 2.01. The SMILES string of the molecule is [B]c1ccnc(N2CCN(C(=O)OC(C)(C)C)[C@@H](C)C2)c1. The van der Waals surface area contributed by atoms with E-state index < -0.39 is 5.60 Å². The van der Waals surface area contributed by atoms with Crippen LogP contribution in [0.1, 0.15) is 27.7 Å². The van der Waals surface area contributed by atoms with E-state index in [0.29, 0.717) is 12.0 Å². The molecular formula is C15H22BN3O2. The number of nitrogens with zero attached hydrogens (tertiary/aromatic N) is 3. The van der Waals surface area contributed by atoms with E-state index in [2.05, 4.69) is 9.88 Å². The van der Waals surface area contributed by atoms with Crippen molar-refractivity contribution in [3.8, 4) is 0 Å². The summed E-state index contributed by atoms with van der Waals surface area (Å²) in [6.07, 6.45) is 1.45. The number of amides is 1. The van der Waals surface area contributed by atoms with E-state index in [1.165, 1.54) is 0 Å². The number of pyridine rings is 1. The number of anilines is 1. The minimum Gasteiger partial charge on any atom is -0.444 e. The van der Waals surface area contributed by atoms with Crippen LogP contribution >= 0.6 is 0 Å². The maximum atomic E-state index is 12.2. The number of carbonyl (C=O) groups is 1. The number of hydrogen-bond acceptors (Lipinski definition) is 4. The van der Waals surface area contributed by atoms with Crippen molar-refractivity contribution in [2.45, 2.75) is 39.3 Å². The molecule has 0 aromatic carbocycles. The molecule has 1 aliphatic rings. The molecule has 2 rings (SSSR count). The van der Waals surface area contributed by atoms with Crippen LogP contribution in [0.5, 0.6) is 0 Å². The zero-order chi connectivity index (χ0) is 15.6. The molecule has 2 radical (unpaired) electrons. The number of rotatable bonds is 1. The van der Waals surface area contributed by atoms with Gasteiger partial charge in [-0.25, -0.2) is 9.78 Å². The minimum absolute atomic E-state index is 0.0665. The van der Waals surface area contributed by atoms with Crippen molar-refractivity contribution >= 4 is 25.2 Å². The van der Waals surface area contributed by atoms with Crippen LogP contribution in [0.3, 0.4) is 0 Å². The summed E-state index contributed by atoms with van der Waals surface area (Å²) in [4.78, 5) is 20.4. The molecule has 1 aliphatic heterocycles. The predicted octanol–water partition coefficient (Wildman–Crippen LogP) is 1.32. The average Bonchev–Trinajstić information content (AvgIpc) is 2.36. The van der Waals surface area contributed by atoms with Gasteiger partial charge in [-0.3, -0.25) is 0 Å². The Morgan fingerprint density at radius 2 is 2.14 bits per heavy atom. The Hall–Kier alpha value is -1.72. The average molecular weight is 287 g/mol. The van der Waals surface area contributed by atoms with Gasteiger partial charge in [-0.15, -0.1) is 0 Å². The summed E-state index contributed by atoms with van der Waals surface area (Å²) in [6.45, 7) is 9.71. The molecule has 0 bridgehead atoms. The van der Waals surface area contributed by atoms with Crippen molar-refractivity contribution in [3.63, 3.8) is 0 Å². The summed E-state index contributed by atoms with van der Waals surface area (Å²) in [7, 11) is 5.79. The van der Waals surface area contributed by atoms with Crippen molar-refractivity contribution in [3.05, 3.63) is 18.3 Å². The molecule has 0 unspecified atom stereocenters. The minimum atomic E-state index is -0.469. The summed E-state index contributed by atoms with van der Waals surface area (Å²) in [5, 5.41) is 0. The Kier molecular flexibility index (Phi) is 4.44. The van der Waals surface area contributed by atoms with Gasteiger partial charge < -0.3 is 14.5 Å². The Morgan fingerprint density at radius 1 is 1.43 bits per heavy atom. The van der Waals surface area contributed by atoms with Crippen molar-refractivity contribution in [2.24, 2.45) is 0 Å². The number of hydrogen-bond donors (Lipinski definition) is 0. The molecule has 112 valence electrons. The molecule has 2 heterocycles. The number of carbonyl (C=O) groups excluding carboxylic acids is 1. The van der Waals surface area contributed by atoms with Crippen LogP contribution < -0.4 is 10.4 Å². The van der Waals surface area contributed by atoms with E-state index >= 15 is 0 Å². The first-order valence-corrected chi connectivity index (χ1v) is 7.22. The van der Waals surface area contributed by atoms with E-state index in [4.69, 9.17) is 12.6 Å². The van der Waals surface area contributed by atoms with Gasteiger partial charge in [0.2, 0.25) is 0 Å². The van der Waals surface area contributed by atoms with Crippen molar-refractivity contribution < 1.29 is 9.53 Å². The van der Waals surface area contributed by atoms with Crippen molar-refractivity contribution in [1.82, 2.24) is 9.88 Å². The van der Waals surface area contributed by atoms with Crippen LogP contribution in [0.15, 0.2) is 18.3 Å². The lowest BCUT2D eigenvalue weighted by atomic mass is 9.97. The molecule has 5 nitrogen and oxygen atoms in total. The highest BCUT2D eigenvalue weighted by molar-refractivity contribution is 6.32. The monoisotopic (exact) mass is 287 g/mol. The second-order valence-corrected chi connectivity index (χ2v) is 6.42. The first-order chi connectivity index (χ1) is 9.76. The molecule has 1 saturated heterocycles. The topological polar surface area (TPSA) is 45.7 Å². The second-order valence-electron chi connectivity index (χ2n) is 6.42. The highest BCUT2D eigenvalue weighted by Crippen LogP contribution is 2.18. The predicted molar refractivity (Wildman–Crippen MR) is 84.2 cm³/mol. The highest BCUT2D eigenvalue weighted by atomic mass is 16.6. The van der Waals surface area contributed by atoms with Gasteiger partial charge in [0.1, 0.15) is 19.3 Å². The standard InChI is InChI=1S/C15H22BN3O2/c1-11-10-18(13-9-12(16)5-6-17-13)7-8-19(11)14(20)21-15(2,3)4/h5-6,9,11H,7-8,10H2,1-4H3/t11-/m0/s1. The quantitative estimate of drug-likeness (QED) is 0.731. The number of ether oxygens (including phenoxy) is 1. The van der Waals surface area contributed by atoms with Gasteiger partial charge in [0.05, 0.1) is 0 Å². The summed E-state index contributed by atoms with van der Waals surface area (Å²) < 4.78 is 5.44. The first kappa shape index (κ1) is 15.7. The largest absolute Gasteiger partial charge is 0.444 e. The third-order valence-corrected chi connectivity index (χ3v) is 3.35.